The first-order chi connectivity index (χ1) is 13.5. The van der Waals surface area contributed by atoms with E-state index in [-0.39, 0.29) is 5.91 Å². The first-order valence-corrected chi connectivity index (χ1v) is 10.2. The van der Waals surface area contributed by atoms with Crippen molar-refractivity contribution in [2.75, 3.05) is 38.3 Å². The molecule has 0 bridgehead atoms. The number of morpholine rings is 1. The highest BCUT2D eigenvalue weighted by molar-refractivity contribution is 8.18. The van der Waals surface area contributed by atoms with E-state index in [4.69, 9.17) is 4.74 Å². The number of hydrogen-bond acceptors (Lipinski definition) is 5. The molecule has 2 saturated heterocycles. The lowest BCUT2D eigenvalue weighted by molar-refractivity contribution is -0.121. The number of benzene rings is 1. The van der Waals surface area contributed by atoms with Crippen LogP contribution in [0.1, 0.15) is 11.4 Å². The molecular formula is C21H24N4O2S. The van der Waals surface area contributed by atoms with Crippen molar-refractivity contribution in [1.29, 1.82) is 0 Å². The third kappa shape index (κ3) is 3.72. The number of amidine groups is 1. The molecule has 1 amide bonds. The summed E-state index contributed by atoms with van der Waals surface area (Å²) in [5.41, 5.74) is 4.19. The summed E-state index contributed by atoms with van der Waals surface area (Å²) in [5.74, 6) is -0.0208. The normalized spacial score (nSPS) is 20.6. The minimum Gasteiger partial charge on any atom is -0.378 e. The van der Waals surface area contributed by atoms with Gasteiger partial charge in [0, 0.05) is 44.3 Å². The van der Waals surface area contributed by atoms with Crippen molar-refractivity contribution in [1.82, 2.24) is 9.47 Å². The molecule has 0 radical (unpaired) electrons. The zero-order chi connectivity index (χ0) is 19.7. The van der Waals surface area contributed by atoms with E-state index in [0.29, 0.717) is 10.1 Å². The fourth-order valence-electron chi connectivity index (χ4n) is 3.23. The van der Waals surface area contributed by atoms with E-state index >= 15 is 0 Å². The van der Waals surface area contributed by atoms with Crippen LogP contribution >= 0.6 is 11.8 Å². The van der Waals surface area contributed by atoms with Gasteiger partial charge in [0.2, 0.25) is 0 Å². The molecule has 0 saturated carbocycles. The van der Waals surface area contributed by atoms with Gasteiger partial charge in [-0.15, -0.1) is 0 Å². The van der Waals surface area contributed by atoms with Crippen molar-refractivity contribution < 1.29 is 9.53 Å². The lowest BCUT2D eigenvalue weighted by Crippen LogP contribution is -2.36. The third-order valence-corrected chi connectivity index (χ3v) is 6.21. The Kier molecular flexibility index (Phi) is 5.28. The van der Waals surface area contributed by atoms with Crippen LogP contribution in [0.25, 0.3) is 6.08 Å². The number of carbonyl (C=O) groups excluding carboxylic acids is 1. The summed E-state index contributed by atoms with van der Waals surface area (Å²) in [6, 6.07) is 12.2. The Morgan fingerprint density at radius 3 is 2.43 bits per heavy atom. The second-order valence-corrected chi connectivity index (χ2v) is 7.95. The van der Waals surface area contributed by atoms with Gasteiger partial charge in [0.25, 0.3) is 5.91 Å². The summed E-state index contributed by atoms with van der Waals surface area (Å²) in [6.45, 7) is 5.40. The molecule has 2 fully saturated rings. The second-order valence-electron chi connectivity index (χ2n) is 6.94. The zero-order valence-electron chi connectivity index (χ0n) is 16.4. The second kappa shape index (κ2) is 7.85. The van der Waals surface area contributed by atoms with Gasteiger partial charge in [0.1, 0.15) is 0 Å². The molecule has 1 aromatic carbocycles. The number of hydrogen-bond donors (Lipinski definition) is 0. The van der Waals surface area contributed by atoms with Crippen molar-refractivity contribution in [2.24, 2.45) is 12.0 Å². The van der Waals surface area contributed by atoms with Gasteiger partial charge in [-0.3, -0.25) is 9.69 Å². The van der Waals surface area contributed by atoms with Crippen LogP contribution in [-0.4, -0.2) is 53.9 Å². The molecule has 0 aliphatic carbocycles. The number of likely N-dealkylation sites (N-methyl/N-ethyl adjacent to an activating group) is 1. The molecule has 0 atom stereocenters. The number of aliphatic imine (C=N–C) groups is 1. The van der Waals surface area contributed by atoms with Gasteiger partial charge in [-0.05, 0) is 61.2 Å². The molecule has 28 heavy (non-hydrogen) atoms. The average Bonchev–Trinajstić information content (AvgIpc) is 3.17. The fraction of sp³-hybridized carbons (Fsp3) is 0.333. The van der Waals surface area contributed by atoms with Crippen molar-refractivity contribution >= 4 is 40.3 Å². The lowest BCUT2D eigenvalue weighted by atomic mass is 10.2. The van der Waals surface area contributed by atoms with Crippen molar-refractivity contribution in [3.8, 4) is 0 Å². The fourth-order valence-corrected chi connectivity index (χ4v) is 4.21. The molecule has 0 N–H and O–H groups in total. The van der Waals surface area contributed by atoms with E-state index in [1.807, 2.05) is 44.3 Å². The highest BCUT2D eigenvalue weighted by atomic mass is 32.2. The van der Waals surface area contributed by atoms with Crippen LogP contribution < -0.4 is 4.90 Å². The van der Waals surface area contributed by atoms with Crippen molar-refractivity contribution in [3.63, 3.8) is 0 Å². The summed E-state index contributed by atoms with van der Waals surface area (Å²) >= 11 is 1.41. The highest BCUT2D eigenvalue weighted by Crippen LogP contribution is 2.33. The van der Waals surface area contributed by atoms with Gasteiger partial charge in [0.05, 0.1) is 23.8 Å². The summed E-state index contributed by atoms with van der Waals surface area (Å²) in [4.78, 5) is 21.9. The number of anilines is 1. The number of nitrogens with zero attached hydrogens (tertiary/aromatic N) is 4. The Morgan fingerprint density at radius 2 is 1.79 bits per heavy atom. The van der Waals surface area contributed by atoms with Gasteiger partial charge in [-0.25, -0.2) is 4.99 Å². The van der Waals surface area contributed by atoms with E-state index in [1.165, 1.54) is 17.4 Å². The van der Waals surface area contributed by atoms with E-state index in [9.17, 15) is 4.79 Å². The van der Waals surface area contributed by atoms with E-state index in [0.717, 1.165) is 43.4 Å². The molecule has 6 nitrogen and oxygen atoms in total. The number of ether oxygens (including phenoxy) is 1. The summed E-state index contributed by atoms with van der Waals surface area (Å²) in [6.07, 6.45) is 1.93. The first kappa shape index (κ1) is 18.8. The Hall–Kier alpha value is -2.51. The van der Waals surface area contributed by atoms with Crippen LogP contribution in [0.5, 0.6) is 0 Å². The molecular weight excluding hydrogens is 372 g/mol. The van der Waals surface area contributed by atoms with E-state index in [2.05, 4.69) is 26.6 Å². The van der Waals surface area contributed by atoms with Gasteiger partial charge >= 0.3 is 0 Å². The minimum atomic E-state index is -0.0208. The maximum atomic E-state index is 12.6. The molecule has 7 heteroatoms. The first-order valence-electron chi connectivity index (χ1n) is 9.34. The zero-order valence-corrected chi connectivity index (χ0v) is 17.2. The molecule has 2 aliphatic heterocycles. The number of thioether (sulfide) groups is 1. The Balaban J connectivity index is 1.53. The summed E-state index contributed by atoms with van der Waals surface area (Å²) < 4.78 is 7.48. The molecule has 4 rings (SSSR count). The number of aromatic nitrogens is 1. The van der Waals surface area contributed by atoms with Crippen LogP contribution in [0.2, 0.25) is 0 Å². The van der Waals surface area contributed by atoms with Gasteiger partial charge < -0.3 is 14.2 Å². The highest BCUT2D eigenvalue weighted by Gasteiger charge is 2.30. The van der Waals surface area contributed by atoms with Crippen molar-refractivity contribution in [2.45, 2.75) is 6.92 Å². The predicted octanol–water partition coefficient (Wildman–Crippen LogP) is 3.40. The molecule has 1 aromatic heterocycles. The third-order valence-electron chi connectivity index (χ3n) is 5.14. The number of carbonyl (C=O) groups is 1. The van der Waals surface area contributed by atoms with E-state index in [1.54, 1.807) is 11.9 Å². The smallest absolute Gasteiger partial charge is 0.266 e. The molecule has 3 heterocycles. The van der Waals surface area contributed by atoms with Crippen LogP contribution in [0.3, 0.4) is 0 Å². The van der Waals surface area contributed by atoms with Crippen molar-refractivity contribution in [3.05, 3.63) is 52.7 Å². The maximum absolute atomic E-state index is 12.6. The molecule has 146 valence electrons. The molecule has 2 aromatic rings. The Bertz CT molecular complexity index is 940. The average molecular weight is 397 g/mol. The Labute approximate surface area is 169 Å². The largest absolute Gasteiger partial charge is 0.378 e. The molecule has 0 spiro atoms. The van der Waals surface area contributed by atoms with Gasteiger partial charge in [0.15, 0.2) is 5.17 Å². The number of aryl methyl sites for hydroxylation is 1. The van der Waals surface area contributed by atoms with Crippen LogP contribution in [0.4, 0.5) is 11.4 Å². The molecule has 0 unspecified atom stereocenters. The number of amides is 1. The minimum absolute atomic E-state index is 0.0208. The Morgan fingerprint density at radius 1 is 1.07 bits per heavy atom. The SMILES string of the molecule is Cc1ccc(/C=C2\SC(=Nc3ccc(N4CCOCC4)cc3)N(C)C2=O)n1C. The van der Waals surface area contributed by atoms with Crippen LogP contribution in [-0.2, 0) is 16.6 Å². The van der Waals surface area contributed by atoms with E-state index < -0.39 is 0 Å². The van der Waals surface area contributed by atoms with Gasteiger partial charge in [-0.1, -0.05) is 0 Å². The molecule has 2 aliphatic rings. The van der Waals surface area contributed by atoms with Crippen LogP contribution in [0, 0.1) is 6.92 Å². The monoisotopic (exact) mass is 396 g/mol. The lowest BCUT2D eigenvalue weighted by Gasteiger charge is -2.28. The standard InChI is InChI=1S/C21H24N4O2S/c1-15-4-7-18(23(15)2)14-19-20(26)24(3)21(28-19)22-16-5-8-17(9-6-16)25-10-12-27-13-11-25/h4-9,14H,10-13H2,1-3H3/b19-14-,22-21?. The number of rotatable bonds is 3. The maximum Gasteiger partial charge on any atom is 0.266 e. The predicted molar refractivity (Wildman–Crippen MR) is 115 cm³/mol. The van der Waals surface area contributed by atoms with Gasteiger partial charge in [-0.2, -0.15) is 0 Å². The quantitative estimate of drug-likeness (QED) is 0.746. The summed E-state index contributed by atoms with van der Waals surface area (Å²) in [7, 11) is 3.77. The summed E-state index contributed by atoms with van der Waals surface area (Å²) in [5, 5.41) is 0.696. The van der Waals surface area contributed by atoms with Crippen LogP contribution in [0.15, 0.2) is 46.3 Å². The topological polar surface area (TPSA) is 50.1 Å².